The van der Waals surface area contributed by atoms with Crippen LogP contribution in [0.4, 0.5) is 0 Å². The Labute approximate surface area is 68.3 Å². The molecule has 1 heterocycles. The smallest absolute Gasteiger partial charge is 0.358 e. The Bertz CT molecular complexity index is 356. The van der Waals surface area contributed by atoms with Crippen molar-refractivity contribution in [3.63, 3.8) is 0 Å². The fourth-order valence-electron chi connectivity index (χ4n) is 0.750. The van der Waals surface area contributed by atoms with E-state index in [0.717, 1.165) is 0 Å². The number of hydrogen-bond donors (Lipinski definition) is 2. The molecule has 0 aliphatic heterocycles. The van der Waals surface area contributed by atoms with E-state index in [-0.39, 0.29) is 11.1 Å². The van der Waals surface area contributed by atoms with Gasteiger partial charge in [0.1, 0.15) is 0 Å². The number of nitrogens with one attached hydrogen (secondary N) is 1. The number of aromatic nitrogens is 1. The van der Waals surface area contributed by atoms with E-state index in [1.165, 1.54) is 25.4 Å². The highest BCUT2D eigenvalue weighted by Gasteiger charge is 2.08. The summed E-state index contributed by atoms with van der Waals surface area (Å²) in [5.74, 6) is -0.674. The van der Waals surface area contributed by atoms with Gasteiger partial charge in [-0.2, -0.15) is 4.73 Å². The first-order valence-electron chi connectivity index (χ1n) is 3.20. The quantitative estimate of drug-likeness (QED) is 0.457. The Balaban J connectivity index is 3.22. The molecule has 1 aromatic rings. The number of hydrogen-bond acceptors (Lipinski definition) is 4. The van der Waals surface area contributed by atoms with Gasteiger partial charge in [-0.3, -0.25) is 0 Å². The molecule has 0 saturated carbocycles. The number of methoxy groups -OCH3 is 1. The molecule has 0 spiro atoms. The minimum absolute atomic E-state index is 0.0648. The van der Waals surface area contributed by atoms with Crippen molar-refractivity contribution in [3.8, 4) is 0 Å². The third-order valence-electron chi connectivity index (χ3n) is 1.33. The van der Waals surface area contributed by atoms with Crippen LogP contribution in [0.1, 0.15) is 10.5 Å². The highest BCUT2D eigenvalue weighted by molar-refractivity contribution is 5.87. The Hall–Kier alpha value is -1.78. The minimum Gasteiger partial charge on any atom is -0.464 e. The average Bonchev–Trinajstić information content (AvgIpc) is 2.08. The minimum atomic E-state index is -0.674. The SMILES string of the molecule is COC(=O)c1cc(=N)ccn1O. The van der Waals surface area contributed by atoms with Crippen molar-refractivity contribution in [2.24, 2.45) is 0 Å². The first kappa shape index (κ1) is 8.32. The summed E-state index contributed by atoms with van der Waals surface area (Å²) in [6, 6.07) is 2.57. The highest BCUT2D eigenvalue weighted by atomic mass is 16.5. The van der Waals surface area contributed by atoms with E-state index in [0.29, 0.717) is 4.73 Å². The number of esters is 1. The summed E-state index contributed by atoms with van der Waals surface area (Å²) in [7, 11) is 1.21. The summed E-state index contributed by atoms with van der Waals surface area (Å²) < 4.78 is 4.98. The molecule has 0 aromatic carbocycles. The van der Waals surface area contributed by atoms with Crippen molar-refractivity contribution >= 4 is 5.97 Å². The van der Waals surface area contributed by atoms with E-state index >= 15 is 0 Å². The lowest BCUT2D eigenvalue weighted by atomic mass is 10.3. The summed E-state index contributed by atoms with van der Waals surface area (Å²) in [6.45, 7) is 0. The summed E-state index contributed by atoms with van der Waals surface area (Å²) in [5.41, 5.74) is -0.0648. The summed E-state index contributed by atoms with van der Waals surface area (Å²) in [6.07, 6.45) is 1.20. The van der Waals surface area contributed by atoms with Gasteiger partial charge in [0.15, 0.2) is 5.69 Å². The molecule has 0 aliphatic rings. The zero-order valence-electron chi connectivity index (χ0n) is 6.44. The lowest BCUT2D eigenvalue weighted by Crippen LogP contribution is -2.15. The summed E-state index contributed by atoms with van der Waals surface area (Å²) in [4.78, 5) is 10.9. The van der Waals surface area contributed by atoms with Crippen LogP contribution < -0.4 is 5.36 Å². The largest absolute Gasteiger partial charge is 0.464 e. The van der Waals surface area contributed by atoms with Gasteiger partial charge in [-0.05, 0) is 12.1 Å². The molecule has 0 bridgehead atoms. The second-order valence-corrected chi connectivity index (χ2v) is 2.14. The van der Waals surface area contributed by atoms with Gasteiger partial charge in [-0.1, -0.05) is 0 Å². The molecule has 0 aliphatic carbocycles. The Morgan fingerprint density at radius 3 is 3.00 bits per heavy atom. The van der Waals surface area contributed by atoms with Gasteiger partial charge < -0.3 is 15.4 Å². The van der Waals surface area contributed by atoms with Gasteiger partial charge in [-0.25, -0.2) is 4.79 Å². The molecule has 0 unspecified atom stereocenters. The fraction of sp³-hybridized carbons (Fsp3) is 0.143. The molecular weight excluding hydrogens is 160 g/mol. The molecular formula is C7H8N2O3. The molecule has 0 amide bonds. The van der Waals surface area contributed by atoms with E-state index in [2.05, 4.69) is 4.74 Å². The van der Waals surface area contributed by atoms with Crippen LogP contribution in [0.15, 0.2) is 18.3 Å². The van der Waals surface area contributed by atoms with Crippen LogP contribution in [0.5, 0.6) is 0 Å². The Morgan fingerprint density at radius 2 is 2.42 bits per heavy atom. The number of carbonyl (C=O) groups excluding carboxylic acids is 1. The Morgan fingerprint density at radius 1 is 1.75 bits per heavy atom. The third kappa shape index (κ3) is 1.45. The predicted molar refractivity (Wildman–Crippen MR) is 38.8 cm³/mol. The zero-order chi connectivity index (χ0) is 9.14. The molecule has 0 radical (unpaired) electrons. The molecule has 0 saturated heterocycles. The maximum absolute atomic E-state index is 10.9. The van der Waals surface area contributed by atoms with Crippen LogP contribution in [-0.2, 0) is 4.74 Å². The molecule has 12 heavy (non-hydrogen) atoms. The molecule has 0 fully saturated rings. The molecule has 5 heteroatoms. The standard InChI is InChI=1S/C7H8N2O3/c1-12-7(10)6-4-5(8)2-3-9(6)11/h2-4,8,11H,1H3. The first-order chi connectivity index (χ1) is 5.65. The molecule has 5 nitrogen and oxygen atoms in total. The van der Waals surface area contributed by atoms with E-state index in [1.54, 1.807) is 0 Å². The van der Waals surface area contributed by atoms with Crippen LogP contribution in [0.2, 0.25) is 0 Å². The van der Waals surface area contributed by atoms with Crippen LogP contribution in [-0.4, -0.2) is 23.0 Å². The van der Waals surface area contributed by atoms with Gasteiger partial charge in [0.25, 0.3) is 0 Å². The van der Waals surface area contributed by atoms with E-state index in [4.69, 9.17) is 10.6 Å². The number of rotatable bonds is 1. The normalized spacial score (nSPS) is 9.42. The van der Waals surface area contributed by atoms with Crippen molar-refractivity contribution in [2.45, 2.75) is 0 Å². The number of pyridine rings is 1. The maximum atomic E-state index is 10.9. The molecule has 2 N–H and O–H groups in total. The zero-order valence-corrected chi connectivity index (χ0v) is 6.44. The monoisotopic (exact) mass is 168 g/mol. The van der Waals surface area contributed by atoms with E-state index in [1.807, 2.05) is 0 Å². The van der Waals surface area contributed by atoms with Crippen LogP contribution in [0.25, 0.3) is 0 Å². The highest BCUT2D eigenvalue weighted by Crippen LogP contribution is 1.95. The predicted octanol–water partition coefficient (Wildman–Crippen LogP) is -0.00853. The van der Waals surface area contributed by atoms with Crippen molar-refractivity contribution < 1.29 is 14.7 Å². The van der Waals surface area contributed by atoms with Crippen LogP contribution in [0.3, 0.4) is 0 Å². The van der Waals surface area contributed by atoms with Gasteiger partial charge in [0.05, 0.1) is 12.5 Å². The van der Waals surface area contributed by atoms with Gasteiger partial charge in [0, 0.05) is 6.20 Å². The third-order valence-corrected chi connectivity index (χ3v) is 1.33. The van der Waals surface area contributed by atoms with Crippen LogP contribution in [0, 0.1) is 5.41 Å². The average molecular weight is 168 g/mol. The number of carbonyl (C=O) groups is 1. The Kier molecular flexibility index (Phi) is 2.14. The van der Waals surface area contributed by atoms with Gasteiger partial charge >= 0.3 is 5.97 Å². The van der Waals surface area contributed by atoms with E-state index in [9.17, 15) is 4.79 Å². The fourth-order valence-corrected chi connectivity index (χ4v) is 0.750. The van der Waals surface area contributed by atoms with Crippen molar-refractivity contribution in [3.05, 3.63) is 29.4 Å². The molecule has 1 aromatic heterocycles. The first-order valence-corrected chi connectivity index (χ1v) is 3.20. The van der Waals surface area contributed by atoms with Gasteiger partial charge in [-0.15, -0.1) is 0 Å². The molecule has 0 atom stereocenters. The summed E-state index contributed by atoms with van der Waals surface area (Å²) in [5, 5.41) is 16.4. The van der Waals surface area contributed by atoms with Crippen molar-refractivity contribution in [1.29, 1.82) is 5.41 Å². The topological polar surface area (TPSA) is 75.3 Å². The molecule has 64 valence electrons. The van der Waals surface area contributed by atoms with Crippen LogP contribution >= 0.6 is 0 Å². The number of ether oxygens (including phenoxy) is 1. The van der Waals surface area contributed by atoms with Crippen molar-refractivity contribution in [2.75, 3.05) is 7.11 Å². The number of nitrogens with zero attached hydrogens (tertiary/aromatic N) is 1. The lowest BCUT2D eigenvalue weighted by molar-refractivity contribution is 0.0544. The van der Waals surface area contributed by atoms with Crippen molar-refractivity contribution in [1.82, 2.24) is 4.73 Å². The van der Waals surface area contributed by atoms with Gasteiger partial charge in [0.2, 0.25) is 0 Å². The second kappa shape index (κ2) is 3.08. The lowest BCUT2D eigenvalue weighted by Gasteiger charge is -2.03. The maximum Gasteiger partial charge on any atom is 0.358 e. The van der Waals surface area contributed by atoms with E-state index < -0.39 is 5.97 Å². The molecule has 1 rings (SSSR count). The second-order valence-electron chi connectivity index (χ2n) is 2.14. The summed E-state index contributed by atoms with van der Waals surface area (Å²) >= 11 is 0.